The first-order chi connectivity index (χ1) is 9.19. The largest absolute Gasteiger partial charge is 0.396 e. The Hall–Kier alpha value is -1.27. The molecule has 0 bridgehead atoms. The molecule has 1 aromatic heterocycles. The number of hydrogen-bond acceptors (Lipinski definition) is 4. The Bertz CT molecular complexity index is 395. The van der Waals surface area contributed by atoms with Gasteiger partial charge in [0.05, 0.1) is 0 Å². The summed E-state index contributed by atoms with van der Waals surface area (Å²) in [5.74, 6) is 0.202. The number of unbranched alkanes of at least 4 members (excludes halogenated alkanes) is 2. The second-order valence-corrected chi connectivity index (χ2v) is 4.58. The lowest BCUT2D eigenvalue weighted by Gasteiger charge is -2.06. The van der Waals surface area contributed by atoms with E-state index in [4.69, 9.17) is 16.7 Å². The summed E-state index contributed by atoms with van der Waals surface area (Å²) in [5.41, 5.74) is 0.333. The summed E-state index contributed by atoms with van der Waals surface area (Å²) in [5, 5.41) is 14.6. The van der Waals surface area contributed by atoms with E-state index in [0.29, 0.717) is 24.5 Å². The molecule has 108 valence electrons. The van der Waals surface area contributed by atoms with Crippen LogP contribution in [0.3, 0.4) is 0 Å². The third-order valence-electron chi connectivity index (χ3n) is 2.60. The summed E-state index contributed by atoms with van der Waals surface area (Å²) < 4.78 is 0. The van der Waals surface area contributed by atoms with E-state index in [1.54, 1.807) is 0 Å². The van der Waals surface area contributed by atoms with E-state index in [-0.39, 0.29) is 17.8 Å². The smallest absolute Gasteiger partial charge is 0.271 e. The fourth-order valence-electron chi connectivity index (χ4n) is 1.59. The van der Waals surface area contributed by atoms with Crippen molar-refractivity contribution in [2.75, 3.05) is 25.0 Å². The molecule has 0 saturated heterocycles. The van der Waals surface area contributed by atoms with Crippen LogP contribution in [0.1, 0.15) is 43.1 Å². The highest BCUT2D eigenvalue weighted by Gasteiger charge is 2.15. The van der Waals surface area contributed by atoms with Crippen molar-refractivity contribution in [3.8, 4) is 0 Å². The minimum atomic E-state index is -0.272. The van der Waals surface area contributed by atoms with Crippen molar-refractivity contribution in [3.05, 3.63) is 11.0 Å². The monoisotopic (exact) mass is 288 g/mol. The van der Waals surface area contributed by atoms with Crippen molar-refractivity contribution in [2.45, 2.75) is 32.6 Å². The fraction of sp³-hybridized carbons (Fsp3) is 0.667. The van der Waals surface area contributed by atoms with Gasteiger partial charge in [-0.25, -0.2) is 4.98 Å². The molecule has 19 heavy (non-hydrogen) atoms. The predicted octanol–water partition coefficient (Wildman–Crippen LogP) is 1.78. The summed E-state index contributed by atoms with van der Waals surface area (Å²) >= 11 is 5.78. The summed E-state index contributed by atoms with van der Waals surface area (Å²) in [4.78, 5) is 18.7. The number of aromatic nitrogens is 2. The molecule has 1 rings (SSSR count). The Morgan fingerprint density at radius 2 is 2.16 bits per heavy atom. The lowest BCUT2D eigenvalue weighted by Crippen LogP contribution is -2.26. The Kier molecular flexibility index (Phi) is 7.28. The van der Waals surface area contributed by atoms with E-state index in [2.05, 4.69) is 27.5 Å². The van der Waals surface area contributed by atoms with Crippen molar-refractivity contribution in [1.29, 1.82) is 0 Å². The number of nitrogens with one attached hydrogen (secondary N) is 3. The molecule has 1 amide bonds. The van der Waals surface area contributed by atoms with Crippen molar-refractivity contribution in [2.24, 2.45) is 0 Å². The van der Waals surface area contributed by atoms with Gasteiger partial charge in [-0.2, -0.15) is 0 Å². The van der Waals surface area contributed by atoms with Gasteiger partial charge in [-0.3, -0.25) is 4.79 Å². The molecule has 0 saturated carbocycles. The molecule has 0 unspecified atom stereocenters. The van der Waals surface area contributed by atoms with Gasteiger partial charge in [0.15, 0.2) is 5.82 Å². The second-order valence-electron chi connectivity index (χ2n) is 4.22. The molecule has 1 heterocycles. The number of rotatable bonds is 9. The first-order valence-electron chi connectivity index (χ1n) is 6.57. The number of amides is 1. The predicted molar refractivity (Wildman–Crippen MR) is 75.6 cm³/mol. The minimum Gasteiger partial charge on any atom is -0.396 e. The molecule has 0 aromatic carbocycles. The third kappa shape index (κ3) is 5.48. The van der Waals surface area contributed by atoms with Gasteiger partial charge in [0.1, 0.15) is 5.69 Å². The number of halogens is 1. The highest BCUT2D eigenvalue weighted by molar-refractivity contribution is 6.28. The zero-order chi connectivity index (χ0) is 14.1. The molecular weight excluding hydrogens is 268 g/mol. The van der Waals surface area contributed by atoms with Gasteiger partial charge in [0.2, 0.25) is 5.28 Å². The van der Waals surface area contributed by atoms with Crippen LogP contribution in [0, 0.1) is 0 Å². The van der Waals surface area contributed by atoms with Crippen LogP contribution >= 0.6 is 11.6 Å². The number of aliphatic hydroxyl groups is 1. The molecule has 0 atom stereocenters. The number of nitrogens with zero attached hydrogens (tertiary/aromatic N) is 1. The standard InChI is InChI=1S/C12H21ClN4O2/c1-2-3-4-6-14-10-9(16-12(13)17-10)11(19)15-7-5-8-18/h14,18H,2-8H2,1H3,(H,15,19)(H,16,17). The number of anilines is 1. The van der Waals surface area contributed by atoms with E-state index >= 15 is 0 Å². The fourth-order valence-corrected chi connectivity index (χ4v) is 1.77. The van der Waals surface area contributed by atoms with Crippen LogP contribution in [0.4, 0.5) is 5.82 Å². The average molecular weight is 289 g/mol. The van der Waals surface area contributed by atoms with Gasteiger partial charge in [0, 0.05) is 19.7 Å². The summed E-state index contributed by atoms with van der Waals surface area (Å²) in [6, 6.07) is 0. The van der Waals surface area contributed by atoms with Gasteiger partial charge < -0.3 is 20.7 Å². The van der Waals surface area contributed by atoms with Gasteiger partial charge >= 0.3 is 0 Å². The lowest BCUT2D eigenvalue weighted by atomic mass is 10.2. The Labute approximate surface area is 118 Å². The van der Waals surface area contributed by atoms with E-state index in [0.717, 1.165) is 25.8 Å². The lowest BCUT2D eigenvalue weighted by molar-refractivity contribution is 0.0947. The maximum atomic E-state index is 11.9. The van der Waals surface area contributed by atoms with Crippen LogP contribution in [0.5, 0.6) is 0 Å². The Morgan fingerprint density at radius 3 is 2.84 bits per heavy atom. The Balaban J connectivity index is 2.53. The number of carbonyl (C=O) groups is 1. The van der Waals surface area contributed by atoms with Crippen LogP contribution in [0.15, 0.2) is 0 Å². The quantitative estimate of drug-likeness (QED) is 0.521. The topological polar surface area (TPSA) is 90.0 Å². The van der Waals surface area contributed by atoms with Crippen LogP contribution < -0.4 is 10.6 Å². The number of hydrogen-bond donors (Lipinski definition) is 4. The minimum absolute atomic E-state index is 0.0478. The van der Waals surface area contributed by atoms with Gasteiger partial charge in [-0.15, -0.1) is 0 Å². The molecule has 0 spiro atoms. The van der Waals surface area contributed by atoms with Crippen molar-refractivity contribution >= 4 is 23.3 Å². The summed E-state index contributed by atoms with van der Waals surface area (Å²) in [6.45, 7) is 3.35. The molecule has 6 nitrogen and oxygen atoms in total. The molecule has 0 aliphatic carbocycles. The first-order valence-corrected chi connectivity index (χ1v) is 6.95. The first kappa shape index (κ1) is 15.8. The molecule has 0 fully saturated rings. The van der Waals surface area contributed by atoms with Gasteiger partial charge in [0.25, 0.3) is 5.91 Å². The Morgan fingerprint density at radius 1 is 1.37 bits per heavy atom. The number of carbonyl (C=O) groups excluding carboxylic acids is 1. The van der Waals surface area contributed by atoms with Crippen LogP contribution in [0.25, 0.3) is 0 Å². The van der Waals surface area contributed by atoms with Crippen LogP contribution in [0.2, 0.25) is 5.28 Å². The second kappa shape index (κ2) is 8.77. The number of aromatic amines is 1. The van der Waals surface area contributed by atoms with E-state index in [1.807, 2.05) is 0 Å². The zero-order valence-electron chi connectivity index (χ0n) is 11.1. The molecule has 7 heteroatoms. The molecule has 4 N–H and O–H groups in total. The van der Waals surface area contributed by atoms with Gasteiger partial charge in [-0.1, -0.05) is 19.8 Å². The van der Waals surface area contributed by atoms with E-state index in [9.17, 15) is 4.79 Å². The van der Waals surface area contributed by atoms with Crippen molar-refractivity contribution in [1.82, 2.24) is 15.3 Å². The molecular formula is C12H21ClN4O2. The highest BCUT2D eigenvalue weighted by atomic mass is 35.5. The van der Waals surface area contributed by atoms with E-state index in [1.165, 1.54) is 0 Å². The molecule has 1 aromatic rings. The number of H-pyrrole nitrogens is 1. The molecule has 0 aliphatic heterocycles. The molecule has 0 radical (unpaired) electrons. The van der Waals surface area contributed by atoms with E-state index < -0.39 is 0 Å². The van der Waals surface area contributed by atoms with Gasteiger partial charge in [-0.05, 0) is 24.4 Å². The van der Waals surface area contributed by atoms with Crippen molar-refractivity contribution in [3.63, 3.8) is 0 Å². The van der Waals surface area contributed by atoms with Crippen molar-refractivity contribution < 1.29 is 9.90 Å². The number of imidazole rings is 1. The summed E-state index contributed by atoms with van der Waals surface area (Å²) in [6.07, 6.45) is 3.81. The normalized spacial score (nSPS) is 10.5. The van der Waals surface area contributed by atoms with Crippen LogP contribution in [-0.4, -0.2) is 40.7 Å². The zero-order valence-corrected chi connectivity index (χ0v) is 11.9. The average Bonchev–Trinajstić information content (AvgIpc) is 2.76. The number of aliphatic hydroxyl groups excluding tert-OH is 1. The maximum absolute atomic E-state index is 11.9. The summed E-state index contributed by atoms with van der Waals surface area (Å²) in [7, 11) is 0. The third-order valence-corrected chi connectivity index (χ3v) is 2.77. The maximum Gasteiger partial charge on any atom is 0.271 e. The highest BCUT2D eigenvalue weighted by Crippen LogP contribution is 2.15. The SMILES string of the molecule is CCCCCNc1nc(Cl)[nH]c1C(=O)NCCCO. The van der Waals surface area contributed by atoms with Crippen LogP contribution in [-0.2, 0) is 0 Å². The molecule has 0 aliphatic rings.